The zero-order chi connectivity index (χ0) is 16.9. The van der Waals surface area contributed by atoms with Gasteiger partial charge in [0.25, 0.3) is 5.91 Å². The number of aromatic nitrogens is 2. The highest BCUT2D eigenvalue weighted by molar-refractivity contribution is 7.98. The number of carbonyl (C=O) groups is 1. The number of rotatable bonds is 8. The Hall–Kier alpha value is -1.86. The number of hydrogen-bond donors (Lipinski definition) is 2. The molecule has 1 aliphatic carbocycles. The fourth-order valence-electron chi connectivity index (χ4n) is 2.47. The van der Waals surface area contributed by atoms with Crippen LogP contribution in [-0.2, 0) is 0 Å². The first-order valence-electron chi connectivity index (χ1n) is 8.06. The maximum absolute atomic E-state index is 12.4. The zero-order valence-electron chi connectivity index (χ0n) is 13.6. The fourth-order valence-corrected chi connectivity index (χ4v) is 3.12. The van der Waals surface area contributed by atoms with E-state index in [0.29, 0.717) is 29.6 Å². The number of aliphatic hydroxyl groups is 1. The topological polar surface area (TPSA) is 88.2 Å². The van der Waals surface area contributed by atoms with Crippen LogP contribution in [-0.4, -0.2) is 45.8 Å². The van der Waals surface area contributed by atoms with Gasteiger partial charge in [-0.25, -0.2) is 0 Å². The summed E-state index contributed by atoms with van der Waals surface area (Å²) in [4.78, 5) is 16.9. The Balaban J connectivity index is 1.72. The summed E-state index contributed by atoms with van der Waals surface area (Å²) in [6.07, 6.45) is 4.73. The largest absolute Gasteiger partial charge is 0.396 e. The third-order valence-electron chi connectivity index (χ3n) is 3.93. The molecule has 0 bridgehead atoms. The molecule has 7 heteroatoms. The molecule has 0 aliphatic heterocycles. The minimum Gasteiger partial charge on any atom is -0.396 e. The van der Waals surface area contributed by atoms with E-state index in [1.807, 2.05) is 18.4 Å². The number of benzene rings is 1. The van der Waals surface area contributed by atoms with E-state index in [1.54, 1.807) is 23.9 Å². The lowest BCUT2D eigenvalue weighted by Crippen LogP contribution is -2.37. The molecule has 128 valence electrons. The third kappa shape index (κ3) is 4.15. The number of thioether (sulfide) groups is 1. The van der Waals surface area contributed by atoms with Crippen molar-refractivity contribution in [2.45, 2.75) is 31.2 Å². The van der Waals surface area contributed by atoms with Crippen molar-refractivity contribution in [1.82, 2.24) is 15.5 Å². The first kappa shape index (κ1) is 17.0. The highest BCUT2D eigenvalue weighted by Crippen LogP contribution is 2.39. The molecule has 24 heavy (non-hydrogen) atoms. The molecule has 2 N–H and O–H groups in total. The second-order valence-corrected chi connectivity index (χ2v) is 6.86. The summed E-state index contributed by atoms with van der Waals surface area (Å²) in [6, 6.07) is 7.16. The van der Waals surface area contributed by atoms with Crippen molar-refractivity contribution < 1.29 is 14.4 Å². The van der Waals surface area contributed by atoms with Crippen molar-refractivity contribution in [3.63, 3.8) is 0 Å². The summed E-state index contributed by atoms with van der Waals surface area (Å²) in [5, 5.41) is 16.1. The highest BCUT2D eigenvalue weighted by Gasteiger charge is 2.29. The van der Waals surface area contributed by atoms with Gasteiger partial charge in [-0.1, -0.05) is 17.3 Å². The van der Waals surface area contributed by atoms with Crippen LogP contribution >= 0.6 is 11.8 Å². The average Bonchev–Trinajstić information content (AvgIpc) is 3.32. The highest BCUT2D eigenvalue weighted by atomic mass is 32.2. The third-order valence-corrected chi connectivity index (χ3v) is 4.67. The molecule has 1 aromatic carbocycles. The molecule has 2 aromatic rings. The molecule has 1 fully saturated rings. The van der Waals surface area contributed by atoms with Crippen molar-refractivity contribution in [2.75, 3.05) is 18.6 Å². The molecule has 1 saturated carbocycles. The Labute approximate surface area is 145 Å². The number of hydrogen-bond acceptors (Lipinski definition) is 6. The van der Waals surface area contributed by atoms with E-state index in [2.05, 4.69) is 15.5 Å². The molecule has 0 radical (unpaired) electrons. The quantitative estimate of drug-likeness (QED) is 0.763. The number of carbonyl (C=O) groups excluding carboxylic acids is 1. The second-order valence-electron chi connectivity index (χ2n) is 5.95. The SMILES string of the molecule is CSC[C@@H](CCO)NC(=O)c1cccc(-c2noc(C3CC3)n2)c1. The van der Waals surface area contributed by atoms with Crippen LogP contribution in [0.1, 0.15) is 41.4 Å². The molecular formula is C17H21N3O3S. The van der Waals surface area contributed by atoms with Gasteiger partial charge in [-0.15, -0.1) is 0 Å². The maximum Gasteiger partial charge on any atom is 0.251 e. The molecule has 3 rings (SSSR count). The number of amides is 1. The van der Waals surface area contributed by atoms with Gasteiger partial charge in [-0.05, 0) is 37.7 Å². The summed E-state index contributed by atoms with van der Waals surface area (Å²) in [5.74, 6) is 2.21. The van der Waals surface area contributed by atoms with Gasteiger partial charge in [0.05, 0.1) is 0 Å². The molecule has 0 saturated heterocycles. The van der Waals surface area contributed by atoms with Crippen LogP contribution in [0.2, 0.25) is 0 Å². The van der Waals surface area contributed by atoms with Gasteiger partial charge in [0.1, 0.15) is 0 Å². The average molecular weight is 347 g/mol. The Morgan fingerprint density at radius 2 is 2.33 bits per heavy atom. The summed E-state index contributed by atoms with van der Waals surface area (Å²) >= 11 is 1.64. The van der Waals surface area contributed by atoms with Crippen LogP contribution in [0.15, 0.2) is 28.8 Å². The monoisotopic (exact) mass is 347 g/mol. The van der Waals surface area contributed by atoms with Crippen LogP contribution < -0.4 is 5.32 Å². The summed E-state index contributed by atoms with van der Waals surface area (Å²) < 4.78 is 5.28. The van der Waals surface area contributed by atoms with Gasteiger partial charge < -0.3 is 14.9 Å². The summed E-state index contributed by atoms with van der Waals surface area (Å²) in [6.45, 7) is 0.0539. The Kier molecular flexibility index (Phi) is 5.52. The van der Waals surface area contributed by atoms with Gasteiger partial charge in [-0.3, -0.25) is 4.79 Å². The predicted molar refractivity (Wildman–Crippen MR) is 93.0 cm³/mol. The fraction of sp³-hybridized carbons (Fsp3) is 0.471. The van der Waals surface area contributed by atoms with Crippen LogP contribution in [0.4, 0.5) is 0 Å². The van der Waals surface area contributed by atoms with Gasteiger partial charge >= 0.3 is 0 Å². The Morgan fingerprint density at radius 1 is 1.50 bits per heavy atom. The van der Waals surface area contributed by atoms with E-state index < -0.39 is 0 Å². The van der Waals surface area contributed by atoms with E-state index >= 15 is 0 Å². The number of nitrogens with zero attached hydrogens (tertiary/aromatic N) is 2. The molecule has 1 aliphatic rings. The Morgan fingerprint density at radius 3 is 3.04 bits per heavy atom. The lowest BCUT2D eigenvalue weighted by molar-refractivity contribution is 0.0935. The van der Waals surface area contributed by atoms with Crippen LogP contribution in [0.25, 0.3) is 11.4 Å². The van der Waals surface area contributed by atoms with Gasteiger partial charge in [-0.2, -0.15) is 16.7 Å². The zero-order valence-corrected chi connectivity index (χ0v) is 14.4. The van der Waals surface area contributed by atoms with Crippen molar-refractivity contribution >= 4 is 17.7 Å². The van der Waals surface area contributed by atoms with Crippen LogP contribution in [0, 0.1) is 0 Å². The summed E-state index contributed by atoms with van der Waals surface area (Å²) in [5.41, 5.74) is 1.32. The molecule has 1 amide bonds. The van der Waals surface area contributed by atoms with E-state index in [9.17, 15) is 4.79 Å². The van der Waals surface area contributed by atoms with E-state index in [0.717, 1.165) is 24.2 Å². The lowest BCUT2D eigenvalue weighted by atomic mass is 10.1. The van der Waals surface area contributed by atoms with Crippen molar-refractivity contribution in [3.05, 3.63) is 35.7 Å². The molecule has 0 unspecified atom stereocenters. The summed E-state index contributed by atoms with van der Waals surface area (Å²) in [7, 11) is 0. The smallest absolute Gasteiger partial charge is 0.251 e. The molecule has 1 aromatic heterocycles. The Bertz CT molecular complexity index is 694. The van der Waals surface area contributed by atoms with Gasteiger partial charge in [0, 0.05) is 35.4 Å². The second kappa shape index (κ2) is 7.81. The molecule has 0 spiro atoms. The minimum absolute atomic E-state index is 0.0483. The van der Waals surface area contributed by atoms with Crippen molar-refractivity contribution in [1.29, 1.82) is 0 Å². The van der Waals surface area contributed by atoms with Crippen molar-refractivity contribution in [2.24, 2.45) is 0 Å². The van der Waals surface area contributed by atoms with Crippen molar-refractivity contribution in [3.8, 4) is 11.4 Å². The molecule has 1 heterocycles. The standard InChI is InChI=1S/C17H21N3O3S/c1-24-10-14(7-8-21)18-16(22)13-4-2-3-12(9-13)15-19-17(23-20-15)11-5-6-11/h2-4,9,11,14,21H,5-8,10H2,1H3,(H,18,22)/t14-/m1/s1. The van der Waals surface area contributed by atoms with Gasteiger partial charge in [0.2, 0.25) is 11.7 Å². The van der Waals surface area contributed by atoms with E-state index in [4.69, 9.17) is 9.63 Å². The lowest BCUT2D eigenvalue weighted by Gasteiger charge is -2.16. The van der Waals surface area contributed by atoms with Crippen LogP contribution in [0.5, 0.6) is 0 Å². The first-order valence-corrected chi connectivity index (χ1v) is 9.45. The van der Waals surface area contributed by atoms with E-state index in [1.165, 1.54) is 0 Å². The first-order chi connectivity index (χ1) is 11.7. The van der Waals surface area contributed by atoms with Crippen LogP contribution in [0.3, 0.4) is 0 Å². The minimum atomic E-state index is -0.157. The molecule has 6 nitrogen and oxygen atoms in total. The molecule has 1 atom stereocenters. The maximum atomic E-state index is 12.4. The normalized spacial score (nSPS) is 15.2. The predicted octanol–water partition coefficient (Wildman–Crippen LogP) is 2.46. The van der Waals surface area contributed by atoms with Gasteiger partial charge in [0.15, 0.2) is 0 Å². The number of nitrogens with one attached hydrogen (secondary N) is 1. The molecular weight excluding hydrogens is 326 g/mol. The number of aliphatic hydroxyl groups excluding tert-OH is 1. The van der Waals surface area contributed by atoms with E-state index in [-0.39, 0.29) is 18.6 Å².